The molecular weight excluding hydrogens is 102 g/mol. The zero-order chi connectivity index (χ0) is 4.28. The van der Waals surface area contributed by atoms with Crippen LogP contribution in [0.1, 0.15) is 2.85 Å². The van der Waals surface area contributed by atoms with Crippen molar-refractivity contribution in [3.05, 3.63) is 0 Å². The molecule has 0 atom stereocenters. The van der Waals surface area contributed by atoms with E-state index in [1.807, 2.05) is 0 Å². The van der Waals surface area contributed by atoms with Crippen LogP contribution in [0.2, 0.25) is 0 Å². The molecule has 0 heterocycles. The Bertz CT molecular complexity index is 55.8. The van der Waals surface area contributed by atoms with Gasteiger partial charge in [0, 0.05) is 0 Å². The minimum atomic E-state index is -0.881. The maximum absolute atomic E-state index is 9.29. The van der Waals surface area contributed by atoms with E-state index >= 15 is 0 Å². The maximum atomic E-state index is 9.29. The maximum Gasteiger partial charge on any atom is 1.00 e. The van der Waals surface area contributed by atoms with Gasteiger partial charge in [-0.1, -0.05) is 0 Å². The summed E-state index contributed by atoms with van der Waals surface area (Å²) in [6.45, 7) is 0. The Morgan fingerprint density at radius 1 is 1.71 bits per heavy atom. The van der Waals surface area contributed by atoms with Crippen molar-refractivity contribution >= 4 is 18.6 Å². The van der Waals surface area contributed by atoms with E-state index in [4.69, 9.17) is 5.11 Å². The molecule has 2 nitrogen and oxygen atoms in total. The third-order valence-electron chi connectivity index (χ3n) is 0.135. The Morgan fingerprint density at radius 2 is 1.86 bits per heavy atom. The van der Waals surface area contributed by atoms with Crippen LogP contribution in [-0.2, 0) is 4.79 Å². The zero-order valence-electron chi connectivity index (χ0n) is 6.51. The van der Waals surface area contributed by atoms with Crippen LogP contribution >= 0.6 is 12.6 Å². The number of thiol groups is 1. The van der Waals surface area contributed by atoms with Gasteiger partial charge in [0.2, 0.25) is 0 Å². The summed E-state index contributed by atoms with van der Waals surface area (Å²) in [5.74, 6) is -0.965. The summed E-state index contributed by atoms with van der Waals surface area (Å²) in [6.07, 6.45) is 0. The van der Waals surface area contributed by atoms with E-state index in [9.17, 15) is 4.79 Å². The average Bonchev–Trinajstić information content (AvgIpc) is 1.38. The Hall–Kier alpha value is 1.01. The van der Waals surface area contributed by atoms with Crippen LogP contribution in [0.15, 0.2) is 0 Å². The second kappa shape index (κ2) is 10.1. The van der Waals surface area contributed by atoms with Crippen LogP contribution in [0.4, 0.5) is 0 Å². The molecule has 0 aromatic carbocycles. The van der Waals surface area contributed by atoms with Crippen LogP contribution in [0, 0.1) is 0 Å². The summed E-state index contributed by atoms with van der Waals surface area (Å²) in [6, 6.07) is 0. The van der Waals surface area contributed by atoms with Crippen molar-refractivity contribution in [1.29, 1.82) is 0 Å². The molecule has 0 fully saturated rings. The zero-order valence-corrected chi connectivity index (χ0v) is 5.40. The van der Waals surface area contributed by atoms with Crippen molar-refractivity contribution in [1.82, 2.24) is 0 Å². The van der Waals surface area contributed by atoms with Crippen molar-refractivity contribution in [3.63, 3.8) is 0 Å². The minimum Gasteiger partial charge on any atom is -1.00 e. The van der Waals surface area contributed by atoms with Gasteiger partial charge in [0.05, 0.1) is 5.75 Å². The molecule has 7 heavy (non-hydrogen) atoms. The predicted octanol–water partition coefficient (Wildman–Crippen LogP) is -5.77. The molecule has 0 unspecified atom stereocenters. The van der Waals surface area contributed by atoms with E-state index in [2.05, 4.69) is 12.6 Å². The summed E-state index contributed by atoms with van der Waals surface area (Å²) in [5, 5.41) is 7.65. The van der Waals surface area contributed by atoms with Crippen molar-refractivity contribution in [3.8, 4) is 0 Å². The molecular formula is C2H6Li2O2S. The molecule has 0 aliphatic heterocycles. The molecule has 0 saturated carbocycles. The Morgan fingerprint density at radius 3 is 1.86 bits per heavy atom. The molecule has 1 N–H and O–H groups in total. The van der Waals surface area contributed by atoms with Gasteiger partial charge < -0.3 is 7.96 Å². The number of hydrogen-bond acceptors (Lipinski definition) is 2. The third-order valence-corrected chi connectivity index (χ3v) is 0.406. The Labute approximate surface area is 74.8 Å². The van der Waals surface area contributed by atoms with Gasteiger partial charge in [0.1, 0.15) is 0 Å². The van der Waals surface area contributed by atoms with Crippen LogP contribution in [0.25, 0.3) is 0 Å². The van der Waals surface area contributed by atoms with E-state index in [1.165, 1.54) is 0 Å². The first-order valence-corrected chi connectivity index (χ1v) is 1.73. The van der Waals surface area contributed by atoms with Crippen LogP contribution < -0.4 is 37.7 Å². The van der Waals surface area contributed by atoms with Gasteiger partial charge in [-0.3, -0.25) is 4.79 Å². The number of carboxylic acid groups (broad SMARTS) is 1. The number of rotatable bonds is 1. The molecule has 0 aromatic heterocycles. The smallest absolute Gasteiger partial charge is 1.00 e. The van der Waals surface area contributed by atoms with Gasteiger partial charge in [-0.05, 0) is 0 Å². The summed E-state index contributed by atoms with van der Waals surface area (Å²) in [5.41, 5.74) is 0. The van der Waals surface area contributed by atoms with Gasteiger partial charge in [-0.15, -0.1) is 0 Å². The van der Waals surface area contributed by atoms with Gasteiger partial charge in [-0.2, -0.15) is 12.6 Å². The third kappa shape index (κ3) is 19.4. The van der Waals surface area contributed by atoms with Crippen LogP contribution in [0.3, 0.4) is 0 Å². The summed E-state index contributed by atoms with van der Waals surface area (Å²) in [4.78, 5) is 9.29. The normalized spacial score (nSPS) is 5.29. The largest absolute Gasteiger partial charge is 1.00 e. The van der Waals surface area contributed by atoms with Gasteiger partial charge >= 0.3 is 43.7 Å². The van der Waals surface area contributed by atoms with Crippen molar-refractivity contribution in [2.45, 2.75) is 0 Å². The summed E-state index contributed by atoms with van der Waals surface area (Å²) < 4.78 is 0. The molecule has 0 aromatic rings. The molecule has 0 spiro atoms. The average molecular weight is 108 g/mol. The molecule has 5 heteroatoms. The molecule has 0 aliphatic rings. The van der Waals surface area contributed by atoms with Gasteiger partial charge in [-0.25, -0.2) is 0 Å². The molecule has 0 bridgehead atoms. The number of aliphatic carboxylic acids is 1. The van der Waals surface area contributed by atoms with Crippen molar-refractivity contribution in [2.24, 2.45) is 0 Å². The van der Waals surface area contributed by atoms with Gasteiger partial charge in [0.15, 0.2) is 0 Å². The Balaban J connectivity index is -0.0000000133. The monoisotopic (exact) mass is 108 g/mol. The van der Waals surface area contributed by atoms with E-state index in [1.54, 1.807) is 0 Å². The summed E-state index contributed by atoms with van der Waals surface area (Å²) >= 11 is 3.42. The van der Waals surface area contributed by atoms with E-state index < -0.39 is 5.97 Å². The second-order valence-electron chi connectivity index (χ2n) is 0.552. The van der Waals surface area contributed by atoms with E-state index in [0.29, 0.717) is 0 Å². The number of hydrogen-bond donors (Lipinski definition) is 2. The molecule has 0 amide bonds. The van der Waals surface area contributed by atoms with Gasteiger partial charge in [0.25, 0.3) is 0 Å². The fourth-order valence-electron chi connectivity index (χ4n) is 0. The fraction of sp³-hybridized carbons (Fsp3) is 0.500. The first kappa shape index (κ1) is 15.7. The van der Waals surface area contributed by atoms with Crippen LogP contribution in [-0.4, -0.2) is 16.8 Å². The van der Waals surface area contributed by atoms with Crippen LogP contribution in [0.5, 0.6) is 0 Å². The van der Waals surface area contributed by atoms with Crippen molar-refractivity contribution < 1.29 is 50.5 Å². The molecule has 0 saturated heterocycles. The standard InChI is InChI=1S/C2H4O2S.2Li.2H/c3-2(4)1-5;;;;/h5H,1H2,(H,3,4);;;;/q;2*+1;2*-1. The predicted molar refractivity (Wildman–Crippen MR) is 23.7 cm³/mol. The molecule has 34 valence electrons. The topological polar surface area (TPSA) is 37.3 Å². The SMILES string of the molecule is O=C(O)CS.[H-].[H-].[Li+].[Li+]. The fourth-order valence-corrected chi connectivity index (χ4v) is 0. The molecule has 0 aliphatic carbocycles. The first-order chi connectivity index (χ1) is 2.27. The quantitative estimate of drug-likeness (QED) is 0.259. The summed E-state index contributed by atoms with van der Waals surface area (Å²) in [7, 11) is 0. The number of carbonyl (C=O) groups is 1. The minimum absolute atomic E-state index is 0. The number of carboxylic acids is 1. The second-order valence-corrected chi connectivity index (χ2v) is 0.868. The first-order valence-electron chi connectivity index (χ1n) is 1.10. The van der Waals surface area contributed by atoms with E-state index in [0.717, 1.165) is 0 Å². The van der Waals surface area contributed by atoms with Crippen molar-refractivity contribution in [2.75, 3.05) is 5.75 Å². The van der Waals surface area contributed by atoms with E-state index in [-0.39, 0.29) is 46.3 Å². The molecule has 0 radical (unpaired) electrons. The molecule has 0 rings (SSSR count). The Kier molecular flexibility index (Phi) is 22.6.